The molecule has 0 atom stereocenters. The second-order valence-corrected chi connectivity index (χ2v) is 5.87. The lowest BCUT2D eigenvalue weighted by molar-refractivity contribution is -0.303. The fourth-order valence-electron chi connectivity index (χ4n) is 1.85. The van der Waals surface area contributed by atoms with Crippen LogP contribution in [0.3, 0.4) is 0 Å². The molecule has 1 aromatic carbocycles. The normalized spacial score (nSPS) is 10.1. The number of carbonyl (C=O) groups excluding carboxylic acids is 1. The Bertz CT molecular complexity index is 585. The molecule has 0 aliphatic heterocycles. The monoisotopic (exact) mass is 319 g/mol. The van der Waals surface area contributed by atoms with Gasteiger partial charge >= 0.3 is 0 Å². The average Bonchev–Trinajstić information content (AvgIpc) is 2.98. The molecule has 0 aliphatic carbocycles. The highest BCUT2D eigenvalue weighted by atomic mass is 32.1. The highest BCUT2D eigenvalue weighted by molar-refractivity contribution is 7.80. The van der Waals surface area contributed by atoms with Gasteiger partial charge in [-0.2, -0.15) is 0 Å². The SMILES string of the molecule is O=C([O-])CNC(=S)N(Cc1ccccc1)Cc1cccs1. The molecule has 4 nitrogen and oxygen atoms in total. The molecule has 2 rings (SSSR count). The van der Waals surface area contributed by atoms with Crippen molar-refractivity contribution in [1.82, 2.24) is 10.2 Å². The van der Waals surface area contributed by atoms with Crippen molar-refractivity contribution in [3.63, 3.8) is 0 Å². The van der Waals surface area contributed by atoms with Gasteiger partial charge in [0.05, 0.1) is 19.1 Å². The first-order valence-corrected chi connectivity index (χ1v) is 7.73. The molecule has 21 heavy (non-hydrogen) atoms. The number of rotatable bonds is 6. The Morgan fingerprint density at radius 2 is 1.95 bits per heavy atom. The van der Waals surface area contributed by atoms with Crippen LogP contribution < -0.4 is 10.4 Å². The van der Waals surface area contributed by atoms with E-state index in [-0.39, 0.29) is 6.54 Å². The third kappa shape index (κ3) is 5.17. The summed E-state index contributed by atoms with van der Waals surface area (Å²) in [6, 6.07) is 13.9. The van der Waals surface area contributed by atoms with Gasteiger partial charge in [0, 0.05) is 11.4 Å². The fourth-order valence-corrected chi connectivity index (χ4v) is 2.77. The molecule has 0 bridgehead atoms. The van der Waals surface area contributed by atoms with E-state index in [1.807, 2.05) is 52.7 Å². The van der Waals surface area contributed by atoms with Crippen molar-refractivity contribution in [2.75, 3.05) is 6.54 Å². The number of nitrogens with zero attached hydrogens (tertiary/aromatic N) is 1. The average molecular weight is 319 g/mol. The minimum Gasteiger partial charge on any atom is -0.548 e. The Morgan fingerprint density at radius 3 is 2.57 bits per heavy atom. The number of thiocarbonyl (C=S) groups is 1. The minimum atomic E-state index is -1.17. The fraction of sp³-hybridized carbons (Fsp3) is 0.200. The van der Waals surface area contributed by atoms with E-state index >= 15 is 0 Å². The largest absolute Gasteiger partial charge is 0.548 e. The molecule has 6 heteroatoms. The number of carbonyl (C=O) groups is 1. The van der Waals surface area contributed by atoms with Crippen LogP contribution in [0, 0.1) is 0 Å². The standard InChI is InChI=1S/C15H16N2O2S2/c18-14(19)9-16-15(20)17(11-13-7-4-8-21-13)10-12-5-2-1-3-6-12/h1-8H,9-11H2,(H,16,20)(H,18,19)/p-1. The Hall–Kier alpha value is -1.92. The first-order chi connectivity index (χ1) is 10.1. The molecular weight excluding hydrogens is 304 g/mol. The minimum absolute atomic E-state index is 0.283. The summed E-state index contributed by atoms with van der Waals surface area (Å²) >= 11 is 6.94. The highest BCUT2D eigenvalue weighted by Crippen LogP contribution is 2.14. The quantitative estimate of drug-likeness (QED) is 0.815. The summed E-state index contributed by atoms with van der Waals surface area (Å²) in [4.78, 5) is 13.7. The van der Waals surface area contributed by atoms with E-state index in [1.165, 1.54) is 4.88 Å². The third-order valence-electron chi connectivity index (χ3n) is 2.81. The number of thiophene rings is 1. The molecular formula is C15H15N2O2S2-. The maximum atomic E-state index is 10.6. The van der Waals surface area contributed by atoms with Crippen molar-refractivity contribution in [3.8, 4) is 0 Å². The van der Waals surface area contributed by atoms with Gasteiger partial charge in [0.1, 0.15) is 0 Å². The number of hydrogen-bond acceptors (Lipinski definition) is 4. The predicted molar refractivity (Wildman–Crippen MR) is 85.6 cm³/mol. The number of carboxylic acids is 1. The van der Waals surface area contributed by atoms with Gasteiger partial charge in [-0.25, -0.2) is 0 Å². The van der Waals surface area contributed by atoms with Crippen molar-refractivity contribution in [3.05, 3.63) is 58.3 Å². The van der Waals surface area contributed by atoms with Gasteiger partial charge in [-0.05, 0) is 29.2 Å². The van der Waals surface area contributed by atoms with E-state index in [4.69, 9.17) is 12.2 Å². The third-order valence-corrected chi connectivity index (χ3v) is 4.08. The van der Waals surface area contributed by atoms with Crippen LogP contribution in [0.5, 0.6) is 0 Å². The van der Waals surface area contributed by atoms with Crippen LogP contribution in [0.1, 0.15) is 10.4 Å². The Kier molecular flexibility index (Phi) is 5.71. The first kappa shape index (κ1) is 15.5. The summed E-state index contributed by atoms with van der Waals surface area (Å²) in [5.41, 5.74) is 1.12. The summed E-state index contributed by atoms with van der Waals surface area (Å²) in [6.07, 6.45) is 0. The van der Waals surface area contributed by atoms with Crippen LogP contribution in [-0.2, 0) is 17.9 Å². The zero-order valence-corrected chi connectivity index (χ0v) is 13.0. The van der Waals surface area contributed by atoms with Crippen LogP contribution >= 0.6 is 23.6 Å². The first-order valence-electron chi connectivity index (χ1n) is 6.44. The summed E-state index contributed by atoms with van der Waals surface area (Å²) in [7, 11) is 0. The van der Waals surface area contributed by atoms with Gasteiger partial charge in [0.2, 0.25) is 0 Å². The summed E-state index contributed by atoms with van der Waals surface area (Å²) in [5, 5.41) is 15.7. The van der Waals surface area contributed by atoms with E-state index in [9.17, 15) is 9.90 Å². The van der Waals surface area contributed by atoms with Gasteiger partial charge in [-0.3, -0.25) is 0 Å². The van der Waals surface area contributed by atoms with E-state index in [0.717, 1.165) is 5.56 Å². The van der Waals surface area contributed by atoms with Crippen LogP contribution in [0.2, 0.25) is 0 Å². The van der Waals surface area contributed by atoms with Crippen LogP contribution in [0.4, 0.5) is 0 Å². The topological polar surface area (TPSA) is 55.4 Å². The zero-order chi connectivity index (χ0) is 15.1. The maximum absolute atomic E-state index is 10.6. The Labute approximate surface area is 133 Å². The molecule has 1 N–H and O–H groups in total. The lowest BCUT2D eigenvalue weighted by Crippen LogP contribution is -2.44. The molecule has 0 aliphatic rings. The van der Waals surface area contributed by atoms with Crippen molar-refractivity contribution >= 4 is 34.6 Å². The molecule has 0 fully saturated rings. The van der Waals surface area contributed by atoms with Crippen molar-refractivity contribution in [2.45, 2.75) is 13.1 Å². The number of benzene rings is 1. The van der Waals surface area contributed by atoms with E-state index < -0.39 is 5.97 Å². The second kappa shape index (κ2) is 7.75. The second-order valence-electron chi connectivity index (χ2n) is 4.45. The number of hydrogen-bond donors (Lipinski definition) is 1. The highest BCUT2D eigenvalue weighted by Gasteiger charge is 2.11. The van der Waals surface area contributed by atoms with Crippen LogP contribution in [0.15, 0.2) is 47.8 Å². The Balaban J connectivity index is 2.06. The number of nitrogens with one attached hydrogen (secondary N) is 1. The van der Waals surface area contributed by atoms with Crippen molar-refractivity contribution in [1.29, 1.82) is 0 Å². The number of aliphatic carboxylic acids is 1. The lowest BCUT2D eigenvalue weighted by Gasteiger charge is -2.25. The summed E-state index contributed by atoms with van der Waals surface area (Å²) < 4.78 is 0. The lowest BCUT2D eigenvalue weighted by atomic mass is 10.2. The smallest absolute Gasteiger partial charge is 0.169 e. The predicted octanol–water partition coefficient (Wildman–Crippen LogP) is 1.37. The molecule has 1 heterocycles. The molecule has 0 saturated carbocycles. The van der Waals surface area contributed by atoms with E-state index in [1.54, 1.807) is 11.3 Å². The van der Waals surface area contributed by atoms with Gasteiger partial charge < -0.3 is 20.1 Å². The van der Waals surface area contributed by atoms with E-state index in [0.29, 0.717) is 18.2 Å². The molecule has 110 valence electrons. The van der Waals surface area contributed by atoms with Crippen molar-refractivity contribution < 1.29 is 9.90 Å². The molecule has 0 amide bonds. The Morgan fingerprint density at radius 1 is 1.19 bits per heavy atom. The van der Waals surface area contributed by atoms with Gasteiger partial charge in [0.25, 0.3) is 0 Å². The maximum Gasteiger partial charge on any atom is 0.169 e. The van der Waals surface area contributed by atoms with Gasteiger partial charge in [0.15, 0.2) is 5.11 Å². The van der Waals surface area contributed by atoms with Gasteiger partial charge in [-0.15, -0.1) is 11.3 Å². The summed E-state index contributed by atoms with van der Waals surface area (Å²) in [6.45, 7) is 0.984. The molecule has 0 unspecified atom stereocenters. The molecule has 0 saturated heterocycles. The van der Waals surface area contributed by atoms with E-state index in [2.05, 4.69) is 5.32 Å². The van der Waals surface area contributed by atoms with Crippen LogP contribution in [0.25, 0.3) is 0 Å². The number of carboxylic acid groups (broad SMARTS) is 1. The molecule has 0 spiro atoms. The zero-order valence-electron chi connectivity index (χ0n) is 11.3. The molecule has 1 aromatic heterocycles. The summed E-state index contributed by atoms with van der Waals surface area (Å²) in [5.74, 6) is -1.17. The van der Waals surface area contributed by atoms with Gasteiger partial charge in [-0.1, -0.05) is 36.4 Å². The molecule has 0 radical (unpaired) electrons. The van der Waals surface area contributed by atoms with Crippen molar-refractivity contribution in [2.24, 2.45) is 0 Å². The molecule has 2 aromatic rings. The van der Waals surface area contributed by atoms with Crippen LogP contribution in [-0.4, -0.2) is 22.5 Å².